The number of allylic oxidation sites excluding steroid dienone is 1. The molecule has 7 heteroatoms. The molecule has 172 valence electrons. The quantitative estimate of drug-likeness (QED) is 0.452. The van der Waals surface area contributed by atoms with Gasteiger partial charge in [-0.3, -0.25) is 4.79 Å². The fraction of sp³-hybridized carbons (Fsp3) is 0.750. The van der Waals surface area contributed by atoms with Crippen molar-refractivity contribution in [3.05, 3.63) is 23.8 Å². The van der Waals surface area contributed by atoms with E-state index >= 15 is 0 Å². The van der Waals surface area contributed by atoms with Gasteiger partial charge in [-0.05, 0) is 55.9 Å². The van der Waals surface area contributed by atoms with Crippen LogP contribution < -0.4 is 0 Å². The van der Waals surface area contributed by atoms with Crippen LogP contribution in [0.25, 0.3) is 0 Å². The summed E-state index contributed by atoms with van der Waals surface area (Å²) in [4.78, 5) is 24.5. The lowest BCUT2D eigenvalue weighted by Gasteiger charge is -2.59. The molecule has 3 N–H and O–H groups in total. The number of aliphatic hydroxyl groups excluding tert-OH is 2. The van der Waals surface area contributed by atoms with E-state index in [-0.39, 0.29) is 23.4 Å². The zero-order valence-corrected chi connectivity index (χ0v) is 18.7. The standard InChI is InChI=1S/C24H34O7/c1-5-8-24(29)20(27)19(26)18-17-15(7-10-23(18,24)3)22(2)9-6-14(31-21(28)30-4)11-13(22)12-16(17)25/h5,8,12,14-19,25-26,29H,6-7,9-11H2,1-4H3/b8-5+/t14-,15?,16-,17?,18?,19+,22-,23-,24-/m0/s1. The van der Waals surface area contributed by atoms with E-state index in [0.717, 1.165) is 18.4 Å². The van der Waals surface area contributed by atoms with Crippen molar-refractivity contribution < 1.29 is 34.4 Å². The molecule has 4 rings (SSSR count). The van der Waals surface area contributed by atoms with Gasteiger partial charge in [0.2, 0.25) is 0 Å². The molecule has 31 heavy (non-hydrogen) atoms. The average molecular weight is 435 g/mol. The maximum atomic E-state index is 13.0. The lowest BCUT2D eigenvalue weighted by atomic mass is 9.46. The van der Waals surface area contributed by atoms with Gasteiger partial charge in [0.1, 0.15) is 17.8 Å². The van der Waals surface area contributed by atoms with Gasteiger partial charge in [0, 0.05) is 17.8 Å². The van der Waals surface area contributed by atoms with Gasteiger partial charge in [-0.15, -0.1) is 0 Å². The fourth-order valence-corrected chi connectivity index (χ4v) is 7.36. The summed E-state index contributed by atoms with van der Waals surface area (Å²) < 4.78 is 9.99. The molecule has 0 spiro atoms. The predicted octanol–water partition coefficient (Wildman–Crippen LogP) is 2.53. The Morgan fingerprint density at radius 1 is 1.23 bits per heavy atom. The van der Waals surface area contributed by atoms with Crippen molar-refractivity contribution >= 4 is 11.9 Å². The molecular formula is C24H34O7. The molecule has 0 amide bonds. The molecule has 0 radical (unpaired) electrons. The van der Waals surface area contributed by atoms with Gasteiger partial charge < -0.3 is 24.8 Å². The van der Waals surface area contributed by atoms with Crippen molar-refractivity contribution in [2.45, 2.75) is 76.8 Å². The van der Waals surface area contributed by atoms with E-state index in [9.17, 15) is 24.9 Å². The number of fused-ring (bicyclic) bond motifs is 5. The number of hydrogen-bond acceptors (Lipinski definition) is 7. The lowest BCUT2D eigenvalue weighted by Crippen LogP contribution is -2.58. The first-order chi connectivity index (χ1) is 14.5. The average Bonchev–Trinajstić information content (AvgIpc) is 2.87. The van der Waals surface area contributed by atoms with Gasteiger partial charge >= 0.3 is 6.16 Å². The van der Waals surface area contributed by atoms with Crippen molar-refractivity contribution in [3.8, 4) is 0 Å². The topological polar surface area (TPSA) is 113 Å². The number of methoxy groups -OCH3 is 1. The number of rotatable bonds is 2. The summed E-state index contributed by atoms with van der Waals surface area (Å²) in [7, 11) is 1.28. The molecule has 3 fully saturated rings. The zero-order chi connectivity index (χ0) is 22.8. The number of ketones is 1. The van der Waals surface area contributed by atoms with Crippen LogP contribution in [0.2, 0.25) is 0 Å². The molecule has 0 saturated heterocycles. The van der Waals surface area contributed by atoms with Crippen LogP contribution in [0.15, 0.2) is 23.8 Å². The molecule has 3 saturated carbocycles. The number of Topliss-reactive ketones (excluding diaryl/α,β-unsaturated/α-hetero) is 1. The summed E-state index contributed by atoms with van der Waals surface area (Å²) in [5.74, 6) is -1.37. The van der Waals surface area contributed by atoms with E-state index in [1.165, 1.54) is 13.2 Å². The van der Waals surface area contributed by atoms with Crippen LogP contribution in [0.5, 0.6) is 0 Å². The zero-order valence-electron chi connectivity index (χ0n) is 18.7. The molecule has 7 nitrogen and oxygen atoms in total. The van der Waals surface area contributed by atoms with Crippen molar-refractivity contribution in [1.82, 2.24) is 0 Å². The summed E-state index contributed by atoms with van der Waals surface area (Å²) in [6.07, 6.45) is 5.18. The molecule has 0 aromatic carbocycles. The second kappa shape index (κ2) is 7.42. The van der Waals surface area contributed by atoms with Crippen molar-refractivity contribution in [3.63, 3.8) is 0 Å². The van der Waals surface area contributed by atoms with Gasteiger partial charge in [0.05, 0.1) is 13.2 Å². The summed E-state index contributed by atoms with van der Waals surface area (Å²) in [5, 5.41) is 33.5. The van der Waals surface area contributed by atoms with Gasteiger partial charge in [-0.25, -0.2) is 4.79 Å². The van der Waals surface area contributed by atoms with Crippen LogP contribution in [-0.4, -0.2) is 58.3 Å². The van der Waals surface area contributed by atoms with E-state index < -0.39 is 41.1 Å². The highest BCUT2D eigenvalue weighted by atomic mass is 16.7. The second-order valence-corrected chi connectivity index (χ2v) is 10.3. The van der Waals surface area contributed by atoms with E-state index in [2.05, 4.69) is 11.7 Å². The van der Waals surface area contributed by atoms with Crippen molar-refractivity contribution in [2.24, 2.45) is 28.6 Å². The van der Waals surface area contributed by atoms with Crippen LogP contribution in [0.3, 0.4) is 0 Å². The molecule has 4 aliphatic carbocycles. The van der Waals surface area contributed by atoms with E-state index in [0.29, 0.717) is 19.3 Å². The first-order valence-electron chi connectivity index (χ1n) is 11.3. The summed E-state index contributed by atoms with van der Waals surface area (Å²) >= 11 is 0. The van der Waals surface area contributed by atoms with Crippen LogP contribution in [0.4, 0.5) is 4.79 Å². The van der Waals surface area contributed by atoms with Gasteiger partial charge in [-0.2, -0.15) is 0 Å². The summed E-state index contributed by atoms with van der Waals surface area (Å²) in [6, 6.07) is 0. The molecule has 3 unspecified atom stereocenters. The van der Waals surface area contributed by atoms with Gasteiger partial charge in [0.25, 0.3) is 0 Å². The molecule has 9 atom stereocenters. The summed E-state index contributed by atoms with van der Waals surface area (Å²) in [5.41, 5.74) is -1.73. The number of hydrogen-bond donors (Lipinski definition) is 3. The predicted molar refractivity (Wildman–Crippen MR) is 112 cm³/mol. The Kier molecular flexibility index (Phi) is 5.39. The second-order valence-electron chi connectivity index (χ2n) is 10.3. The molecular weight excluding hydrogens is 400 g/mol. The highest BCUT2D eigenvalue weighted by Crippen LogP contribution is 2.66. The van der Waals surface area contributed by atoms with Crippen LogP contribution in [0, 0.1) is 28.6 Å². The van der Waals surface area contributed by atoms with E-state index in [4.69, 9.17) is 4.74 Å². The van der Waals surface area contributed by atoms with E-state index in [1.807, 2.05) is 13.0 Å². The first kappa shape index (κ1) is 22.5. The highest BCUT2D eigenvalue weighted by Gasteiger charge is 2.71. The minimum atomic E-state index is -1.73. The van der Waals surface area contributed by atoms with Gasteiger partial charge in [-0.1, -0.05) is 31.6 Å². The van der Waals surface area contributed by atoms with Crippen molar-refractivity contribution in [1.29, 1.82) is 0 Å². The molecule has 0 aliphatic heterocycles. The third kappa shape index (κ3) is 2.96. The monoisotopic (exact) mass is 434 g/mol. The Morgan fingerprint density at radius 2 is 1.94 bits per heavy atom. The normalized spacial score (nSPS) is 49.1. The Balaban J connectivity index is 1.70. The smallest absolute Gasteiger partial charge is 0.438 e. The number of carbonyl (C=O) groups is 2. The number of ether oxygens (including phenoxy) is 2. The Hall–Kier alpha value is -1.70. The van der Waals surface area contributed by atoms with Crippen molar-refractivity contribution in [2.75, 3.05) is 7.11 Å². The molecule has 0 bridgehead atoms. The minimum absolute atomic E-state index is 0.0649. The SMILES string of the molecule is C/C=C/[C@]1(O)C(=O)[C@H](O)C2C3C(CC[C@@]21C)[C@@]1(C)CC[C@H](OC(=O)OC)CC1=C[C@@H]3O. The number of aliphatic hydroxyl groups is 3. The molecule has 0 aromatic heterocycles. The molecule has 0 aromatic rings. The Bertz CT molecular complexity index is 834. The largest absolute Gasteiger partial charge is 0.508 e. The maximum Gasteiger partial charge on any atom is 0.508 e. The molecule has 0 heterocycles. The molecule has 4 aliphatic rings. The van der Waals surface area contributed by atoms with Crippen LogP contribution in [-0.2, 0) is 14.3 Å². The van der Waals surface area contributed by atoms with Crippen LogP contribution in [0.1, 0.15) is 52.9 Å². The fourth-order valence-electron chi connectivity index (χ4n) is 7.36. The first-order valence-corrected chi connectivity index (χ1v) is 11.3. The van der Waals surface area contributed by atoms with Crippen LogP contribution >= 0.6 is 0 Å². The maximum absolute atomic E-state index is 13.0. The summed E-state index contributed by atoms with van der Waals surface area (Å²) in [6.45, 7) is 5.80. The number of carbonyl (C=O) groups excluding carboxylic acids is 2. The Morgan fingerprint density at radius 3 is 2.58 bits per heavy atom. The van der Waals surface area contributed by atoms with Gasteiger partial charge in [0.15, 0.2) is 5.78 Å². The Labute approximate surface area is 183 Å². The van der Waals surface area contributed by atoms with E-state index in [1.54, 1.807) is 13.0 Å². The lowest BCUT2D eigenvalue weighted by molar-refractivity contribution is -0.146. The minimum Gasteiger partial charge on any atom is -0.438 e. The third-order valence-electron chi connectivity index (χ3n) is 9.03. The third-order valence-corrected chi connectivity index (χ3v) is 9.03. The highest BCUT2D eigenvalue weighted by molar-refractivity contribution is 5.97.